The number of ether oxygens (including phenoxy) is 1. The first kappa shape index (κ1) is 18.3. The minimum atomic E-state index is 0.568. The van der Waals surface area contributed by atoms with Crippen LogP contribution in [0.15, 0.2) is 34.8 Å². The molecule has 3 nitrogen and oxygen atoms in total. The second kappa shape index (κ2) is 7.38. The van der Waals surface area contributed by atoms with Crippen LogP contribution in [-0.2, 0) is 0 Å². The number of hydrogen-bond donors (Lipinski definition) is 0. The van der Waals surface area contributed by atoms with Crippen molar-refractivity contribution in [2.45, 2.75) is 39.5 Å². The Balaban J connectivity index is 2.19. The molecule has 0 aliphatic heterocycles. The number of halogens is 2. The lowest BCUT2D eigenvalue weighted by atomic mass is 9.94. The third-order valence-corrected chi connectivity index (χ3v) is 5.86. The highest BCUT2D eigenvalue weighted by molar-refractivity contribution is 9.10. The topological polar surface area (TPSA) is 26.5 Å². The quantitative estimate of drug-likeness (QED) is 0.461. The third-order valence-electron chi connectivity index (χ3n) is 4.76. The second-order valence-electron chi connectivity index (χ2n) is 6.25. The van der Waals surface area contributed by atoms with Crippen molar-refractivity contribution in [1.29, 1.82) is 0 Å². The highest BCUT2D eigenvalue weighted by atomic mass is 79.9. The molecule has 0 fully saturated rings. The van der Waals surface area contributed by atoms with E-state index in [9.17, 15) is 0 Å². The van der Waals surface area contributed by atoms with E-state index in [4.69, 9.17) is 21.4 Å². The molecule has 5 heteroatoms. The van der Waals surface area contributed by atoms with Crippen LogP contribution in [-0.4, -0.2) is 16.7 Å². The van der Waals surface area contributed by atoms with Gasteiger partial charge in [-0.25, -0.2) is 4.52 Å². The molecule has 0 saturated carbocycles. The summed E-state index contributed by atoms with van der Waals surface area (Å²) in [6.45, 7) is 6.57. The van der Waals surface area contributed by atoms with Crippen molar-refractivity contribution < 1.29 is 4.74 Å². The number of fused-ring (bicyclic) bond motifs is 1. The summed E-state index contributed by atoms with van der Waals surface area (Å²) >= 11 is 10.2. The molecule has 2 aromatic heterocycles. The lowest BCUT2D eigenvalue weighted by molar-refractivity contribution is 0.415. The fraction of sp³-hybridized carbons (Fsp3) is 0.350. The molecular weight excluding hydrogens is 400 g/mol. The van der Waals surface area contributed by atoms with E-state index >= 15 is 0 Å². The van der Waals surface area contributed by atoms with E-state index in [1.807, 2.05) is 22.7 Å². The Hall–Kier alpha value is -1.52. The second-order valence-corrected chi connectivity index (χ2v) is 7.45. The van der Waals surface area contributed by atoms with E-state index < -0.39 is 0 Å². The Morgan fingerprint density at radius 2 is 1.92 bits per heavy atom. The minimum Gasteiger partial charge on any atom is -0.497 e. The molecule has 0 aliphatic rings. The number of hydrogen-bond acceptors (Lipinski definition) is 2. The van der Waals surface area contributed by atoms with Crippen molar-refractivity contribution in [3.63, 3.8) is 0 Å². The molecule has 0 N–H and O–H groups in total. The predicted octanol–water partition coefficient (Wildman–Crippen LogP) is 6.64. The number of pyridine rings is 1. The number of benzene rings is 1. The zero-order valence-electron chi connectivity index (χ0n) is 14.9. The molecule has 0 bridgehead atoms. The molecule has 2 heterocycles. The van der Waals surface area contributed by atoms with Gasteiger partial charge in [-0.15, -0.1) is 0 Å². The van der Waals surface area contributed by atoms with E-state index in [1.54, 1.807) is 7.11 Å². The molecule has 3 rings (SSSR count). The van der Waals surface area contributed by atoms with Gasteiger partial charge in [-0.3, -0.25) is 0 Å². The summed E-state index contributed by atoms with van der Waals surface area (Å²) in [5.41, 5.74) is 5.29. The molecule has 0 amide bonds. The summed E-state index contributed by atoms with van der Waals surface area (Å²) in [6.07, 6.45) is 2.27. The maximum absolute atomic E-state index is 6.46. The Morgan fingerprint density at radius 3 is 2.52 bits per heavy atom. The first-order valence-electron chi connectivity index (χ1n) is 8.52. The van der Waals surface area contributed by atoms with Crippen molar-refractivity contribution in [3.8, 4) is 17.0 Å². The third kappa shape index (κ3) is 3.30. The van der Waals surface area contributed by atoms with Gasteiger partial charge in [0, 0.05) is 11.3 Å². The van der Waals surface area contributed by atoms with Crippen LogP contribution < -0.4 is 4.74 Å². The van der Waals surface area contributed by atoms with E-state index in [2.05, 4.69) is 48.8 Å². The number of rotatable bonds is 5. The van der Waals surface area contributed by atoms with Crippen molar-refractivity contribution in [2.24, 2.45) is 0 Å². The highest BCUT2D eigenvalue weighted by Gasteiger charge is 2.18. The molecule has 0 aliphatic carbocycles. The number of nitrogens with zero attached hydrogens (tertiary/aromatic N) is 2. The van der Waals surface area contributed by atoms with Gasteiger partial charge in [-0.05, 0) is 77.5 Å². The van der Waals surface area contributed by atoms with Gasteiger partial charge in [-0.2, -0.15) is 5.10 Å². The Labute approximate surface area is 162 Å². The fourth-order valence-corrected chi connectivity index (χ4v) is 4.13. The maximum atomic E-state index is 6.46. The lowest BCUT2D eigenvalue weighted by Gasteiger charge is -2.14. The largest absolute Gasteiger partial charge is 0.497 e. The van der Waals surface area contributed by atoms with Crippen molar-refractivity contribution in [1.82, 2.24) is 9.61 Å². The van der Waals surface area contributed by atoms with Crippen LogP contribution in [0.4, 0.5) is 0 Å². The van der Waals surface area contributed by atoms with Gasteiger partial charge in [0.05, 0.1) is 22.1 Å². The van der Waals surface area contributed by atoms with Crippen molar-refractivity contribution >= 4 is 33.0 Å². The van der Waals surface area contributed by atoms with Gasteiger partial charge in [0.2, 0.25) is 0 Å². The van der Waals surface area contributed by atoms with Gasteiger partial charge in [0.25, 0.3) is 0 Å². The van der Waals surface area contributed by atoms with Crippen LogP contribution >= 0.6 is 27.5 Å². The van der Waals surface area contributed by atoms with Gasteiger partial charge in [-0.1, -0.05) is 25.4 Å². The average molecular weight is 422 g/mol. The maximum Gasteiger partial charge on any atom is 0.120 e. The monoisotopic (exact) mass is 420 g/mol. The van der Waals surface area contributed by atoms with Crippen molar-refractivity contribution in [3.05, 3.63) is 51.1 Å². The molecule has 0 unspecified atom stereocenters. The van der Waals surface area contributed by atoms with E-state index in [-0.39, 0.29) is 0 Å². The lowest BCUT2D eigenvalue weighted by Crippen LogP contribution is -2.00. The molecule has 3 aromatic rings. The van der Waals surface area contributed by atoms with Gasteiger partial charge in [0.15, 0.2) is 0 Å². The van der Waals surface area contributed by atoms with E-state index in [1.165, 1.54) is 5.56 Å². The summed E-state index contributed by atoms with van der Waals surface area (Å²) < 4.78 is 8.19. The molecule has 1 aromatic carbocycles. The number of methoxy groups -OCH3 is 1. The van der Waals surface area contributed by atoms with Crippen LogP contribution in [0.1, 0.15) is 43.9 Å². The smallest absolute Gasteiger partial charge is 0.120 e. The predicted molar refractivity (Wildman–Crippen MR) is 108 cm³/mol. The van der Waals surface area contributed by atoms with Crippen LogP contribution in [0.25, 0.3) is 16.8 Å². The number of aryl methyl sites for hydroxylation is 1. The normalized spacial score (nSPS) is 11.5. The van der Waals surface area contributed by atoms with E-state index in [0.29, 0.717) is 10.9 Å². The van der Waals surface area contributed by atoms with Crippen molar-refractivity contribution in [2.75, 3.05) is 7.11 Å². The molecule has 132 valence electrons. The zero-order valence-corrected chi connectivity index (χ0v) is 17.3. The highest BCUT2D eigenvalue weighted by Crippen LogP contribution is 2.38. The SMILES string of the molecule is CCC(CC)c1cc(C)n2nc(-c3ccc(OC)cc3Cl)c(Br)c2c1. The van der Waals surface area contributed by atoms with Crippen LogP contribution in [0.5, 0.6) is 5.75 Å². The molecule has 0 radical (unpaired) electrons. The summed E-state index contributed by atoms with van der Waals surface area (Å²) in [5, 5.41) is 5.42. The summed E-state index contributed by atoms with van der Waals surface area (Å²) in [4.78, 5) is 0. The van der Waals surface area contributed by atoms with Crippen LogP contribution in [0.2, 0.25) is 5.02 Å². The first-order valence-corrected chi connectivity index (χ1v) is 9.69. The fourth-order valence-electron chi connectivity index (χ4n) is 3.29. The van der Waals surface area contributed by atoms with Crippen LogP contribution in [0, 0.1) is 6.92 Å². The summed E-state index contributed by atoms with van der Waals surface area (Å²) in [6, 6.07) is 10.1. The minimum absolute atomic E-state index is 0.568. The van der Waals surface area contributed by atoms with Crippen LogP contribution in [0.3, 0.4) is 0 Å². The Bertz CT molecular complexity index is 916. The standard InChI is InChI=1S/C20H22BrClN2O/c1-5-13(6-2)14-9-12(3)24-18(10-14)19(21)20(23-24)16-8-7-15(25-4)11-17(16)22/h7-11,13H,5-6H2,1-4H3. The van der Waals surface area contributed by atoms with Gasteiger partial charge < -0.3 is 4.74 Å². The summed E-state index contributed by atoms with van der Waals surface area (Å²) in [5.74, 6) is 1.30. The molecular formula is C20H22BrClN2O. The number of aromatic nitrogens is 2. The molecule has 0 spiro atoms. The molecule has 0 atom stereocenters. The van der Waals surface area contributed by atoms with E-state index in [0.717, 1.165) is 45.5 Å². The molecule has 25 heavy (non-hydrogen) atoms. The first-order chi connectivity index (χ1) is 12.0. The van der Waals surface area contributed by atoms with Gasteiger partial charge in [0.1, 0.15) is 11.4 Å². The van der Waals surface area contributed by atoms with Gasteiger partial charge >= 0.3 is 0 Å². The zero-order chi connectivity index (χ0) is 18.1. The summed E-state index contributed by atoms with van der Waals surface area (Å²) in [7, 11) is 1.63. The Kier molecular flexibility index (Phi) is 5.40. The average Bonchev–Trinajstić information content (AvgIpc) is 2.93. The Morgan fingerprint density at radius 1 is 1.20 bits per heavy atom. The molecule has 0 saturated heterocycles.